The van der Waals surface area contributed by atoms with Crippen LogP contribution in [0.1, 0.15) is 29.7 Å². The predicted molar refractivity (Wildman–Crippen MR) is 101 cm³/mol. The first-order valence-corrected chi connectivity index (χ1v) is 10.0. The number of nitrogens with zero attached hydrogens (tertiary/aromatic N) is 1. The van der Waals surface area contributed by atoms with Crippen molar-refractivity contribution in [3.05, 3.63) is 65.0 Å². The van der Waals surface area contributed by atoms with E-state index in [1.54, 1.807) is 0 Å². The third kappa shape index (κ3) is 5.05. The van der Waals surface area contributed by atoms with Crippen molar-refractivity contribution in [3.8, 4) is 0 Å². The van der Waals surface area contributed by atoms with E-state index in [1.165, 1.54) is 18.2 Å². The van der Waals surface area contributed by atoms with Gasteiger partial charge in [-0.25, -0.2) is 12.8 Å². The summed E-state index contributed by atoms with van der Waals surface area (Å²) in [5.41, 5.74) is 3.24. The summed E-state index contributed by atoms with van der Waals surface area (Å²) >= 11 is 0. The first-order valence-electron chi connectivity index (χ1n) is 8.17. The molecule has 0 bridgehead atoms. The molecule has 0 aromatic heterocycles. The van der Waals surface area contributed by atoms with E-state index in [4.69, 9.17) is 0 Å². The van der Waals surface area contributed by atoms with Gasteiger partial charge in [0, 0.05) is 0 Å². The van der Waals surface area contributed by atoms with Crippen LogP contribution in [0.2, 0.25) is 0 Å². The van der Waals surface area contributed by atoms with Crippen molar-refractivity contribution in [2.75, 3.05) is 17.1 Å². The van der Waals surface area contributed by atoms with Crippen molar-refractivity contribution in [2.45, 2.75) is 26.8 Å². The Morgan fingerprint density at radius 3 is 2.46 bits per heavy atom. The monoisotopic (exact) mass is 378 g/mol. The number of sulfonamides is 1. The maximum atomic E-state index is 13.4. The Labute approximate surface area is 153 Å². The van der Waals surface area contributed by atoms with Gasteiger partial charge < -0.3 is 5.32 Å². The average Bonchev–Trinajstić information content (AvgIpc) is 2.51. The molecule has 140 valence electrons. The molecule has 0 spiro atoms. The number of benzene rings is 2. The van der Waals surface area contributed by atoms with E-state index in [9.17, 15) is 17.6 Å². The highest BCUT2D eigenvalue weighted by atomic mass is 32.2. The van der Waals surface area contributed by atoms with Gasteiger partial charge in [0.15, 0.2) is 0 Å². The fraction of sp³-hybridized carbons (Fsp3) is 0.316. The Morgan fingerprint density at radius 1 is 1.19 bits per heavy atom. The SMILES string of the molecule is Cc1ccc([C@H](C)NC(=O)CN(c2cccc(F)c2)S(C)(=O)=O)c(C)c1. The number of amides is 1. The Balaban J connectivity index is 2.17. The number of carbonyl (C=O) groups is 1. The van der Waals surface area contributed by atoms with Crippen LogP contribution in [0, 0.1) is 19.7 Å². The summed E-state index contributed by atoms with van der Waals surface area (Å²) in [5, 5.41) is 2.80. The molecule has 0 aliphatic rings. The first-order chi connectivity index (χ1) is 12.1. The Morgan fingerprint density at radius 2 is 1.88 bits per heavy atom. The highest BCUT2D eigenvalue weighted by Crippen LogP contribution is 2.20. The Bertz CT molecular complexity index is 913. The number of carbonyl (C=O) groups excluding carboxylic acids is 1. The predicted octanol–water partition coefficient (Wildman–Crippen LogP) is 3.09. The fourth-order valence-electron chi connectivity index (χ4n) is 2.84. The summed E-state index contributed by atoms with van der Waals surface area (Å²) in [7, 11) is -3.74. The van der Waals surface area contributed by atoms with Crippen LogP contribution in [-0.2, 0) is 14.8 Å². The molecule has 1 N–H and O–H groups in total. The lowest BCUT2D eigenvalue weighted by Gasteiger charge is -2.23. The molecular formula is C19H23FN2O3S. The summed E-state index contributed by atoms with van der Waals surface area (Å²) in [4.78, 5) is 12.4. The van der Waals surface area contributed by atoms with Crippen molar-refractivity contribution in [1.29, 1.82) is 0 Å². The standard InChI is InChI=1S/C19H23FN2O3S/c1-13-8-9-18(14(2)10-13)15(3)21-19(23)12-22(26(4,24)25)17-7-5-6-16(20)11-17/h5-11,15H,12H2,1-4H3,(H,21,23)/t15-/m0/s1. The lowest BCUT2D eigenvalue weighted by atomic mass is 10.0. The summed E-state index contributed by atoms with van der Waals surface area (Å²) in [5.74, 6) is -1.03. The number of hydrogen-bond donors (Lipinski definition) is 1. The summed E-state index contributed by atoms with van der Waals surface area (Å²) in [6, 6.07) is 10.8. The van der Waals surface area contributed by atoms with E-state index in [1.807, 2.05) is 39.0 Å². The van der Waals surface area contributed by atoms with E-state index in [0.717, 1.165) is 33.3 Å². The average molecular weight is 378 g/mol. The maximum Gasteiger partial charge on any atom is 0.241 e. The smallest absolute Gasteiger partial charge is 0.241 e. The zero-order chi connectivity index (χ0) is 19.5. The molecule has 0 heterocycles. The molecule has 0 saturated heterocycles. The van der Waals surface area contributed by atoms with E-state index < -0.39 is 28.3 Å². The molecule has 0 fully saturated rings. The Kier molecular flexibility index (Phi) is 6.02. The lowest BCUT2D eigenvalue weighted by molar-refractivity contribution is -0.120. The molecule has 0 radical (unpaired) electrons. The third-order valence-electron chi connectivity index (χ3n) is 4.05. The molecule has 1 amide bonds. The maximum absolute atomic E-state index is 13.4. The van der Waals surface area contributed by atoms with Gasteiger partial charge in [0.25, 0.3) is 0 Å². The minimum atomic E-state index is -3.74. The second-order valence-electron chi connectivity index (χ2n) is 6.40. The molecule has 1 atom stereocenters. The molecule has 2 aromatic carbocycles. The quantitative estimate of drug-likeness (QED) is 0.840. The minimum Gasteiger partial charge on any atom is -0.348 e. The van der Waals surface area contributed by atoms with E-state index in [-0.39, 0.29) is 11.7 Å². The Hall–Kier alpha value is -2.41. The van der Waals surface area contributed by atoms with Crippen LogP contribution < -0.4 is 9.62 Å². The molecule has 0 aliphatic carbocycles. The number of aryl methyl sites for hydroxylation is 2. The fourth-order valence-corrected chi connectivity index (χ4v) is 3.69. The summed E-state index contributed by atoms with van der Waals surface area (Å²) in [6.07, 6.45) is 0.985. The number of rotatable bonds is 6. The zero-order valence-electron chi connectivity index (χ0n) is 15.3. The van der Waals surface area contributed by atoms with Crippen LogP contribution >= 0.6 is 0 Å². The number of nitrogens with one attached hydrogen (secondary N) is 1. The van der Waals surface area contributed by atoms with Gasteiger partial charge in [-0.2, -0.15) is 0 Å². The van der Waals surface area contributed by atoms with Crippen molar-refractivity contribution in [1.82, 2.24) is 5.32 Å². The molecule has 2 rings (SSSR count). The summed E-state index contributed by atoms with van der Waals surface area (Å²) in [6.45, 7) is 5.36. The molecule has 26 heavy (non-hydrogen) atoms. The van der Waals surface area contributed by atoms with Gasteiger partial charge in [-0.1, -0.05) is 29.8 Å². The van der Waals surface area contributed by atoms with E-state index >= 15 is 0 Å². The molecule has 5 nitrogen and oxygen atoms in total. The van der Waals surface area contributed by atoms with Crippen molar-refractivity contribution in [3.63, 3.8) is 0 Å². The van der Waals surface area contributed by atoms with Gasteiger partial charge in [0.1, 0.15) is 12.4 Å². The minimum absolute atomic E-state index is 0.113. The number of hydrogen-bond acceptors (Lipinski definition) is 3. The highest BCUT2D eigenvalue weighted by Gasteiger charge is 2.22. The van der Waals surface area contributed by atoms with Gasteiger partial charge in [-0.15, -0.1) is 0 Å². The van der Waals surface area contributed by atoms with Crippen molar-refractivity contribution < 1.29 is 17.6 Å². The molecule has 0 unspecified atom stereocenters. The van der Waals surface area contributed by atoms with Crippen LogP contribution in [-0.4, -0.2) is 27.1 Å². The van der Waals surface area contributed by atoms with Crippen LogP contribution in [0.5, 0.6) is 0 Å². The number of anilines is 1. The molecule has 2 aromatic rings. The summed E-state index contributed by atoms with van der Waals surface area (Å²) < 4.78 is 38.4. The van der Waals surface area contributed by atoms with Gasteiger partial charge in [-0.05, 0) is 50.1 Å². The van der Waals surface area contributed by atoms with E-state index in [0.29, 0.717) is 0 Å². The van der Waals surface area contributed by atoms with Gasteiger partial charge in [-0.3, -0.25) is 9.10 Å². The van der Waals surface area contributed by atoms with Crippen molar-refractivity contribution >= 4 is 21.6 Å². The second kappa shape index (κ2) is 7.86. The zero-order valence-corrected chi connectivity index (χ0v) is 16.1. The number of halogens is 1. The third-order valence-corrected chi connectivity index (χ3v) is 5.19. The van der Waals surface area contributed by atoms with Gasteiger partial charge >= 0.3 is 0 Å². The topological polar surface area (TPSA) is 66.5 Å². The largest absolute Gasteiger partial charge is 0.348 e. The van der Waals surface area contributed by atoms with Gasteiger partial charge in [0.2, 0.25) is 15.9 Å². The highest BCUT2D eigenvalue weighted by molar-refractivity contribution is 7.92. The normalized spacial score (nSPS) is 12.5. The molecule has 0 saturated carbocycles. The first kappa shape index (κ1) is 19.9. The van der Waals surface area contributed by atoms with Crippen LogP contribution in [0.4, 0.5) is 10.1 Å². The van der Waals surface area contributed by atoms with Crippen LogP contribution in [0.3, 0.4) is 0 Å². The lowest BCUT2D eigenvalue weighted by Crippen LogP contribution is -2.41. The van der Waals surface area contributed by atoms with Crippen LogP contribution in [0.15, 0.2) is 42.5 Å². The van der Waals surface area contributed by atoms with Gasteiger partial charge in [0.05, 0.1) is 18.0 Å². The van der Waals surface area contributed by atoms with Crippen LogP contribution in [0.25, 0.3) is 0 Å². The molecule has 7 heteroatoms. The second-order valence-corrected chi connectivity index (χ2v) is 8.31. The van der Waals surface area contributed by atoms with E-state index in [2.05, 4.69) is 5.32 Å². The molecular weight excluding hydrogens is 355 g/mol. The van der Waals surface area contributed by atoms with Crippen molar-refractivity contribution in [2.24, 2.45) is 0 Å². The molecule has 0 aliphatic heterocycles.